The molecule has 0 N–H and O–H groups in total. The minimum Gasteiger partial charge on any atom is -0.338 e. The second-order valence-corrected chi connectivity index (χ2v) is 10.8. The Morgan fingerprint density at radius 3 is 2.73 bits per heavy atom. The summed E-state index contributed by atoms with van der Waals surface area (Å²) in [6.45, 7) is 4.19. The van der Waals surface area contributed by atoms with Gasteiger partial charge in [0.1, 0.15) is 11.4 Å². The van der Waals surface area contributed by atoms with Crippen molar-refractivity contribution < 1.29 is 13.2 Å². The number of hydrogen-bond acceptors (Lipinski definition) is 7. The molecule has 0 radical (unpaired) electrons. The lowest BCUT2D eigenvalue weighted by Gasteiger charge is -2.29. The van der Waals surface area contributed by atoms with E-state index < -0.39 is 15.1 Å². The molecule has 2 aromatic heterocycles. The number of para-hydroxylation sites is 1. The molecule has 1 aliphatic rings. The lowest BCUT2D eigenvalue weighted by Crippen LogP contribution is -2.44. The number of carbonyl (C=O) groups excluding carboxylic acids is 1. The zero-order valence-corrected chi connectivity index (χ0v) is 18.4. The molecular weight excluding hydrogens is 422 g/mol. The molecule has 1 saturated heterocycles. The van der Waals surface area contributed by atoms with Crippen molar-refractivity contribution in [2.75, 3.05) is 18.1 Å². The van der Waals surface area contributed by atoms with Crippen LogP contribution in [0.1, 0.15) is 20.3 Å². The number of amides is 1. The van der Waals surface area contributed by atoms with Crippen LogP contribution in [0.2, 0.25) is 0 Å². The van der Waals surface area contributed by atoms with Gasteiger partial charge in [-0.05, 0) is 32.4 Å². The fraction of sp³-hybridized carbons (Fsp3) is 0.400. The van der Waals surface area contributed by atoms with E-state index in [-0.39, 0.29) is 23.5 Å². The molecule has 4 rings (SSSR count). The minimum atomic E-state index is -3.05. The van der Waals surface area contributed by atoms with Crippen LogP contribution < -0.4 is 0 Å². The van der Waals surface area contributed by atoms with Crippen molar-refractivity contribution in [1.82, 2.24) is 24.6 Å². The number of aromatic nitrogens is 4. The van der Waals surface area contributed by atoms with E-state index in [1.165, 1.54) is 18.1 Å². The summed E-state index contributed by atoms with van der Waals surface area (Å²) in [6, 6.07) is 9.45. The van der Waals surface area contributed by atoms with Crippen LogP contribution in [0.25, 0.3) is 16.7 Å². The number of thioether (sulfide) groups is 1. The van der Waals surface area contributed by atoms with Gasteiger partial charge in [-0.3, -0.25) is 4.79 Å². The molecule has 0 saturated carbocycles. The van der Waals surface area contributed by atoms with Crippen LogP contribution in [0.3, 0.4) is 0 Å². The van der Waals surface area contributed by atoms with E-state index in [2.05, 4.69) is 15.1 Å². The average molecular weight is 446 g/mol. The normalized spacial score (nSPS) is 19.1. The van der Waals surface area contributed by atoms with E-state index in [0.29, 0.717) is 23.6 Å². The smallest absolute Gasteiger partial charge is 0.236 e. The molecule has 3 aromatic rings. The fourth-order valence-corrected chi connectivity index (χ4v) is 6.42. The van der Waals surface area contributed by atoms with Crippen LogP contribution in [0.5, 0.6) is 0 Å². The SMILES string of the molecule is CCN(C(=O)[C@H](C)Sc1ncnc2c1cnn2-c1ccccc1)[C@H]1CCS(=O)(=O)C1. The molecule has 0 unspecified atom stereocenters. The van der Waals surface area contributed by atoms with Gasteiger partial charge in [0, 0.05) is 12.6 Å². The number of carbonyl (C=O) groups is 1. The molecule has 1 aromatic carbocycles. The van der Waals surface area contributed by atoms with Crippen molar-refractivity contribution in [3.05, 3.63) is 42.9 Å². The first-order chi connectivity index (χ1) is 14.4. The van der Waals surface area contributed by atoms with E-state index in [9.17, 15) is 13.2 Å². The van der Waals surface area contributed by atoms with Gasteiger partial charge in [0.15, 0.2) is 15.5 Å². The monoisotopic (exact) mass is 445 g/mol. The third-order valence-electron chi connectivity index (χ3n) is 5.24. The third kappa shape index (κ3) is 4.06. The maximum absolute atomic E-state index is 13.1. The Morgan fingerprint density at radius 1 is 1.30 bits per heavy atom. The first-order valence-corrected chi connectivity index (χ1v) is 12.5. The van der Waals surface area contributed by atoms with Crippen molar-refractivity contribution in [3.8, 4) is 5.69 Å². The highest BCUT2D eigenvalue weighted by molar-refractivity contribution is 8.00. The summed E-state index contributed by atoms with van der Waals surface area (Å²) in [4.78, 5) is 23.5. The molecule has 2 atom stereocenters. The van der Waals surface area contributed by atoms with Crippen LogP contribution >= 0.6 is 11.8 Å². The van der Waals surface area contributed by atoms with Gasteiger partial charge in [-0.2, -0.15) is 5.10 Å². The highest BCUT2D eigenvalue weighted by atomic mass is 32.2. The molecule has 158 valence electrons. The van der Waals surface area contributed by atoms with Crippen LogP contribution in [0.15, 0.2) is 47.9 Å². The molecule has 0 spiro atoms. The zero-order valence-electron chi connectivity index (χ0n) is 16.8. The number of fused-ring (bicyclic) bond motifs is 1. The molecule has 0 bridgehead atoms. The predicted octanol–water partition coefficient (Wildman–Crippen LogP) is 2.33. The summed E-state index contributed by atoms with van der Waals surface area (Å²) in [5, 5.41) is 5.49. The number of nitrogens with zero attached hydrogens (tertiary/aromatic N) is 5. The quantitative estimate of drug-likeness (QED) is 0.424. The van der Waals surface area contributed by atoms with E-state index in [0.717, 1.165) is 11.1 Å². The Hall–Kier alpha value is -2.46. The molecule has 3 heterocycles. The third-order valence-corrected chi connectivity index (χ3v) is 8.09. The highest BCUT2D eigenvalue weighted by Gasteiger charge is 2.35. The second kappa shape index (κ2) is 8.35. The van der Waals surface area contributed by atoms with Crippen LogP contribution in [0.4, 0.5) is 0 Å². The number of benzene rings is 1. The largest absolute Gasteiger partial charge is 0.338 e. The molecule has 0 aliphatic carbocycles. The predicted molar refractivity (Wildman–Crippen MR) is 116 cm³/mol. The highest BCUT2D eigenvalue weighted by Crippen LogP contribution is 2.30. The molecule has 30 heavy (non-hydrogen) atoms. The second-order valence-electron chi connectivity index (χ2n) is 7.25. The topological polar surface area (TPSA) is 98.1 Å². The van der Waals surface area contributed by atoms with E-state index in [4.69, 9.17) is 0 Å². The number of sulfone groups is 1. The van der Waals surface area contributed by atoms with Crippen molar-refractivity contribution in [2.24, 2.45) is 0 Å². The maximum Gasteiger partial charge on any atom is 0.236 e. The molecular formula is C20H23N5O3S2. The Morgan fingerprint density at radius 2 is 2.07 bits per heavy atom. The van der Waals surface area contributed by atoms with Crippen LogP contribution in [0, 0.1) is 0 Å². The van der Waals surface area contributed by atoms with Gasteiger partial charge in [-0.1, -0.05) is 30.0 Å². The summed E-state index contributed by atoms with van der Waals surface area (Å²) in [6.07, 6.45) is 3.69. The van der Waals surface area contributed by atoms with Crippen LogP contribution in [-0.4, -0.2) is 68.3 Å². The summed E-state index contributed by atoms with van der Waals surface area (Å²) >= 11 is 1.35. The summed E-state index contributed by atoms with van der Waals surface area (Å²) in [5.74, 6) is 0.117. The van der Waals surface area contributed by atoms with E-state index in [1.807, 2.05) is 44.2 Å². The van der Waals surface area contributed by atoms with Gasteiger partial charge in [0.25, 0.3) is 0 Å². The Kier molecular flexibility index (Phi) is 5.79. The van der Waals surface area contributed by atoms with Crippen molar-refractivity contribution >= 4 is 38.5 Å². The Labute approximate surface area is 179 Å². The molecule has 1 aliphatic heterocycles. The average Bonchev–Trinajstić information content (AvgIpc) is 3.33. The van der Waals surface area contributed by atoms with Gasteiger partial charge >= 0.3 is 0 Å². The molecule has 8 nitrogen and oxygen atoms in total. The summed E-state index contributed by atoms with van der Waals surface area (Å²) in [5.41, 5.74) is 1.57. The van der Waals surface area contributed by atoms with Gasteiger partial charge in [0.2, 0.25) is 5.91 Å². The van der Waals surface area contributed by atoms with Crippen molar-refractivity contribution in [2.45, 2.75) is 36.6 Å². The Balaban J connectivity index is 1.56. The first kappa shape index (κ1) is 20.8. The maximum atomic E-state index is 13.1. The summed E-state index contributed by atoms with van der Waals surface area (Å²) < 4.78 is 25.4. The fourth-order valence-electron chi connectivity index (χ4n) is 3.74. The van der Waals surface area contributed by atoms with Gasteiger partial charge in [-0.25, -0.2) is 23.1 Å². The standard InChI is InChI=1S/C20H23N5O3S2/c1-3-24(16-9-10-30(27,28)12-16)20(26)14(2)29-19-17-11-23-25(18(17)21-13-22-19)15-7-5-4-6-8-15/h4-8,11,13-14,16H,3,9-10,12H2,1-2H3/t14-,16-/m0/s1. The molecule has 10 heteroatoms. The Bertz CT molecular complexity index is 1160. The van der Waals surface area contributed by atoms with Gasteiger partial charge < -0.3 is 4.90 Å². The van der Waals surface area contributed by atoms with Crippen molar-refractivity contribution in [1.29, 1.82) is 0 Å². The zero-order chi connectivity index (χ0) is 21.3. The van der Waals surface area contributed by atoms with Gasteiger partial charge in [-0.15, -0.1) is 0 Å². The van der Waals surface area contributed by atoms with Crippen LogP contribution in [-0.2, 0) is 14.6 Å². The first-order valence-electron chi connectivity index (χ1n) is 9.81. The van der Waals surface area contributed by atoms with Crippen molar-refractivity contribution in [3.63, 3.8) is 0 Å². The van der Waals surface area contributed by atoms with Gasteiger partial charge in [0.05, 0.1) is 34.0 Å². The van der Waals surface area contributed by atoms with E-state index in [1.54, 1.807) is 15.8 Å². The molecule has 1 amide bonds. The molecule has 1 fully saturated rings. The lowest BCUT2D eigenvalue weighted by atomic mass is 10.2. The lowest BCUT2D eigenvalue weighted by molar-refractivity contribution is -0.131. The minimum absolute atomic E-state index is 0.0472. The number of rotatable bonds is 6. The van der Waals surface area contributed by atoms with E-state index >= 15 is 0 Å². The summed E-state index contributed by atoms with van der Waals surface area (Å²) in [7, 11) is -3.05. The number of hydrogen-bond donors (Lipinski definition) is 0.